The number of thioether (sulfide) groups is 1. The van der Waals surface area contributed by atoms with Crippen LogP contribution in [0.25, 0.3) is 0 Å². The molecule has 10 heteroatoms. The average Bonchev–Trinajstić information content (AvgIpc) is 2.35. The predicted molar refractivity (Wildman–Crippen MR) is 64.0 cm³/mol. The molecule has 0 saturated carbocycles. The second kappa shape index (κ2) is 6.48. The van der Waals surface area contributed by atoms with Crippen molar-refractivity contribution in [3.8, 4) is 6.07 Å². The largest absolute Gasteiger partial charge is 0.462 e. The van der Waals surface area contributed by atoms with Gasteiger partial charge in [0.1, 0.15) is 6.07 Å². The number of alkyl halides is 6. The van der Waals surface area contributed by atoms with Gasteiger partial charge in [0, 0.05) is 4.90 Å². The van der Waals surface area contributed by atoms with Crippen LogP contribution in [0.3, 0.4) is 0 Å². The molecule has 0 aliphatic carbocycles. The van der Waals surface area contributed by atoms with Crippen LogP contribution in [-0.2, 0) is 10.9 Å². The molecule has 22 heavy (non-hydrogen) atoms. The molecule has 0 fully saturated rings. The van der Waals surface area contributed by atoms with Crippen molar-refractivity contribution in [2.45, 2.75) is 23.5 Å². The quantitative estimate of drug-likeness (QED) is 0.465. The summed E-state index contributed by atoms with van der Waals surface area (Å²) in [5.74, 6) is -1.16. The Morgan fingerprint density at radius 3 is 2.27 bits per heavy atom. The molecule has 1 rings (SSSR count). The number of benzene rings is 1. The third kappa shape index (κ3) is 4.56. The van der Waals surface area contributed by atoms with Gasteiger partial charge in [0.05, 0.1) is 23.3 Å². The molecule has 0 N–H and O–H groups in total. The van der Waals surface area contributed by atoms with E-state index >= 15 is 0 Å². The Morgan fingerprint density at radius 2 is 1.86 bits per heavy atom. The second-order valence-corrected chi connectivity index (χ2v) is 4.85. The first-order valence-corrected chi connectivity index (χ1v) is 6.39. The summed E-state index contributed by atoms with van der Waals surface area (Å²) < 4.78 is 80.5. The number of nitrogens with zero attached hydrogens (tertiary/aromatic N) is 1. The molecular weight excluding hydrogens is 336 g/mol. The topological polar surface area (TPSA) is 50.1 Å². The van der Waals surface area contributed by atoms with E-state index < -0.39 is 51.0 Å². The SMILES string of the molecule is CCOC(=O)c1cc(C#N)c(SC(F)(F)F)c(C(F)(F)F)c1. The fourth-order valence-electron chi connectivity index (χ4n) is 1.48. The van der Waals surface area contributed by atoms with E-state index in [-0.39, 0.29) is 12.7 Å². The zero-order valence-electron chi connectivity index (χ0n) is 10.8. The van der Waals surface area contributed by atoms with Crippen molar-refractivity contribution >= 4 is 17.7 Å². The maximum atomic E-state index is 12.9. The Labute approximate surface area is 124 Å². The molecular formula is C12H7F6NO2S. The molecule has 0 amide bonds. The number of hydrogen-bond donors (Lipinski definition) is 0. The van der Waals surface area contributed by atoms with Crippen LogP contribution in [0.2, 0.25) is 0 Å². The first-order valence-electron chi connectivity index (χ1n) is 5.57. The van der Waals surface area contributed by atoms with Gasteiger partial charge in [0.15, 0.2) is 0 Å². The molecule has 0 unspecified atom stereocenters. The molecule has 1 aromatic carbocycles. The molecule has 0 bridgehead atoms. The summed E-state index contributed by atoms with van der Waals surface area (Å²) in [6.45, 7) is 1.27. The molecule has 0 aromatic heterocycles. The van der Waals surface area contributed by atoms with E-state index in [1.54, 1.807) is 0 Å². The van der Waals surface area contributed by atoms with E-state index in [9.17, 15) is 31.1 Å². The summed E-state index contributed by atoms with van der Waals surface area (Å²) in [5.41, 5.74) is -8.27. The molecule has 0 atom stereocenters. The molecule has 0 aliphatic rings. The Hall–Kier alpha value is -1.89. The summed E-state index contributed by atoms with van der Waals surface area (Å²) >= 11 is -1.06. The van der Waals surface area contributed by atoms with Crippen molar-refractivity contribution in [2.75, 3.05) is 6.61 Å². The Balaban J connectivity index is 3.56. The smallest absolute Gasteiger partial charge is 0.446 e. The lowest BCUT2D eigenvalue weighted by Crippen LogP contribution is -2.14. The summed E-state index contributed by atoms with van der Waals surface area (Å²) in [5, 5.41) is 8.79. The highest BCUT2D eigenvalue weighted by molar-refractivity contribution is 8.00. The van der Waals surface area contributed by atoms with Gasteiger partial charge < -0.3 is 4.74 Å². The van der Waals surface area contributed by atoms with Gasteiger partial charge in [0.25, 0.3) is 0 Å². The average molecular weight is 343 g/mol. The van der Waals surface area contributed by atoms with Crippen molar-refractivity contribution in [3.63, 3.8) is 0 Å². The van der Waals surface area contributed by atoms with Gasteiger partial charge in [-0.3, -0.25) is 0 Å². The third-order valence-corrected chi connectivity index (χ3v) is 3.12. The van der Waals surface area contributed by atoms with Gasteiger partial charge in [-0.05, 0) is 30.8 Å². The summed E-state index contributed by atoms with van der Waals surface area (Å²) in [6.07, 6.45) is -5.16. The minimum atomic E-state index is -5.16. The number of carbonyl (C=O) groups is 1. The summed E-state index contributed by atoms with van der Waals surface area (Å²) in [6, 6.07) is 2.12. The van der Waals surface area contributed by atoms with Gasteiger partial charge in [0.2, 0.25) is 0 Å². The van der Waals surface area contributed by atoms with E-state index in [0.29, 0.717) is 6.07 Å². The lowest BCUT2D eigenvalue weighted by atomic mass is 10.1. The maximum absolute atomic E-state index is 12.9. The van der Waals surface area contributed by atoms with Crippen LogP contribution in [0.5, 0.6) is 0 Å². The molecule has 0 saturated heterocycles. The third-order valence-electron chi connectivity index (χ3n) is 2.24. The predicted octanol–water partition coefficient (Wildman–Crippen LogP) is 4.37. The van der Waals surface area contributed by atoms with E-state index in [0.717, 1.165) is 0 Å². The van der Waals surface area contributed by atoms with Crippen molar-refractivity contribution in [1.29, 1.82) is 5.26 Å². The monoisotopic (exact) mass is 343 g/mol. The molecule has 0 aliphatic heterocycles. The highest BCUT2D eigenvalue weighted by Gasteiger charge is 2.40. The summed E-state index contributed by atoms with van der Waals surface area (Å²) in [4.78, 5) is 10.2. The number of ether oxygens (including phenoxy) is 1. The van der Waals surface area contributed by atoms with Crippen LogP contribution in [0.4, 0.5) is 26.3 Å². The highest BCUT2D eigenvalue weighted by atomic mass is 32.2. The van der Waals surface area contributed by atoms with Gasteiger partial charge in [-0.15, -0.1) is 0 Å². The molecule has 0 heterocycles. The number of rotatable bonds is 3. The van der Waals surface area contributed by atoms with Gasteiger partial charge in [-0.25, -0.2) is 4.79 Å². The van der Waals surface area contributed by atoms with Crippen LogP contribution in [-0.4, -0.2) is 18.1 Å². The maximum Gasteiger partial charge on any atom is 0.446 e. The first kappa shape index (κ1) is 18.2. The van der Waals surface area contributed by atoms with Crippen LogP contribution < -0.4 is 0 Å². The number of nitriles is 1. The minimum Gasteiger partial charge on any atom is -0.462 e. The van der Waals surface area contributed by atoms with Crippen LogP contribution in [0, 0.1) is 11.3 Å². The van der Waals surface area contributed by atoms with Crippen molar-refractivity contribution in [2.24, 2.45) is 0 Å². The molecule has 1 aromatic rings. The Kier molecular flexibility index (Phi) is 5.35. The fourth-order valence-corrected chi connectivity index (χ4v) is 2.21. The zero-order chi connectivity index (χ0) is 17.1. The first-order chi connectivity index (χ1) is 9.99. The van der Waals surface area contributed by atoms with Crippen LogP contribution >= 0.6 is 11.8 Å². The molecule has 0 spiro atoms. The zero-order valence-corrected chi connectivity index (χ0v) is 11.6. The van der Waals surface area contributed by atoms with Crippen molar-refractivity contribution in [1.82, 2.24) is 0 Å². The standard InChI is InChI=1S/C12H7F6NO2S/c1-2-21-10(20)6-3-7(5-19)9(22-12(16,17)18)8(4-6)11(13,14)15/h3-4H,2H2,1H3. The minimum absolute atomic E-state index is 0.138. The second-order valence-electron chi connectivity index (χ2n) is 3.78. The van der Waals surface area contributed by atoms with Gasteiger partial charge in [-0.2, -0.15) is 31.6 Å². The van der Waals surface area contributed by atoms with Gasteiger partial charge >= 0.3 is 17.7 Å². The van der Waals surface area contributed by atoms with E-state index in [1.807, 2.05) is 0 Å². The Morgan fingerprint density at radius 1 is 1.27 bits per heavy atom. The lowest BCUT2D eigenvalue weighted by Gasteiger charge is -2.16. The van der Waals surface area contributed by atoms with E-state index in [2.05, 4.69) is 4.74 Å². The summed E-state index contributed by atoms with van der Waals surface area (Å²) in [7, 11) is 0. The fraction of sp³-hybridized carbons (Fsp3) is 0.333. The highest BCUT2D eigenvalue weighted by Crippen LogP contribution is 2.45. The van der Waals surface area contributed by atoms with Gasteiger partial charge in [-0.1, -0.05) is 0 Å². The lowest BCUT2D eigenvalue weighted by molar-refractivity contribution is -0.139. The van der Waals surface area contributed by atoms with Crippen molar-refractivity contribution in [3.05, 3.63) is 28.8 Å². The van der Waals surface area contributed by atoms with E-state index in [1.165, 1.54) is 13.0 Å². The number of hydrogen-bond acceptors (Lipinski definition) is 4. The van der Waals surface area contributed by atoms with Crippen LogP contribution in [0.15, 0.2) is 17.0 Å². The normalized spacial score (nSPS) is 11.9. The van der Waals surface area contributed by atoms with Crippen molar-refractivity contribution < 1.29 is 35.9 Å². The number of halogens is 6. The number of esters is 1. The Bertz CT molecular complexity index is 618. The molecule has 0 radical (unpaired) electrons. The molecule has 3 nitrogen and oxygen atoms in total. The van der Waals surface area contributed by atoms with Crippen LogP contribution in [0.1, 0.15) is 28.4 Å². The molecule has 120 valence electrons. The van der Waals surface area contributed by atoms with E-state index in [4.69, 9.17) is 5.26 Å². The number of carbonyl (C=O) groups excluding carboxylic acids is 1.